The lowest BCUT2D eigenvalue weighted by atomic mass is 10.2. The molecule has 0 N–H and O–H groups in total. The molecule has 96 valence electrons. The van der Waals surface area contributed by atoms with Gasteiger partial charge in [-0.1, -0.05) is 13.8 Å². The van der Waals surface area contributed by atoms with Crippen LogP contribution in [-0.4, -0.2) is 42.6 Å². The number of hydrogen-bond acceptors (Lipinski definition) is 4. The van der Waals surface area contributed by atoms with Crippen LogP contribution in [0.25, 0.3) is 0 Å². The lowest BCUT2D eigenvalue weighted by Gasteiger charge is -2.36. The van der Waals surface area contributed by atoms with Crippen LogP contribution in [0, 0.1) is 17.2 Å². The Balaban J connectivity index is 1.91. The Bertz CT molecular complexity index is 410. The van der Waals surface area contributed by atoms with Crippen LogP contribution in [0.5, 0.6) is 0 Å². The highest BCUT2D eigenvalue weighted by atomic mass is 15.3. The lowest BCUT2D eigenvalue weighted by Crippen LogP contribution is -2.47. The Morgan fingerprint density at radius 1 is 1.28 bits per heavy atom. The van der Waals surface area contributed by atoms with Crippen molar-refractivity contribution in [3.05, 3.63) is 24.0 Å². The van der Waals surface area contributed by atoms with Crippen LogP contribution in [0.15, 0.2) is 18.3 Å². The molecule has 0 amide bonds. The zero-order chi connectivity index (χ0) is 13.0. The number of nitrogens with zero attached hydrogens (tertiary/aromatic N) is 4. The molecule has 0 spiro atoms. The van der Waals surface area contributed by atoms with E-state index in [1.54, 1.807) is 12.3 Å². The van der Waals surface area contributed by atoms with Gasteiger partial charge in [-0.25, -0.2) is 4.98 Å². The monoisotopic (exact) mass is 244 g/mol. The Labute approximate surface area is 109 Å². The van der Waals surface area contributed by atoms with Crippen molar-refractivity contribution in [2.45, 2.75) is 13.8 Å². The Morgan fingerprint density at radius 3 is 2.50 bits per heavy atom. The van der Waals surface area contributed by atoms with Crippen LogP contribution >= 0.6 is 0 Å². The van der Waals surface area contributed by atoms with E-state index in [9.17, 15) is 0 Å². The van der Waals surface area contributed by atoms with Gasteiger partial charge in [0.2, 0.25) is 0 Å². The summed E-state index contributed by atoms with van der Waals surface area (Å²) in [6.07, 6.45) is 1.80. The van der Waals surface area contributed by atoms with E-state index in [-0.39, 0.29) is 0 Å². The van der Waals surface area contributed by atoms with Crippen molar-refractivity contribution in [2.75, 3.05) is 37.6 Å². The summed E-state index contributed by atoms with van der Waals surface area (Å²) in [4.78, 5) is 8.97. The number of pyridine rings is 1. The topological polar surface area (TPSA) is 43.2 Å². The van der Waals surface area contributed by atoms with Crippen molar-refractivity contribution < 1.29 is 0 Å². The molecular weight excluding hydrogens is 224 g/mol. The maximum atomic E-state index is 8.72. The minimum absolute atomic E-state index is 0.484. The van der Waals surface area contributed by atoms with Gasteiger partial charge in [0.25, 0.3) is 0 Å². The molecule has 1 aliphatic rings. The quantitative estimate of drug-likeness (QED) is 0.812. The van der Waals surface area contributed by atoms with E-state index < -0.39 is 0 Å². The van der Waals surface area contributed by atoms with E-state index in [1.807, 2.05) is 12.1 Å². The summed E-state index contributed by atoms with van der Waals surface area (Å²) in [7, 11) is 0. The summed E-state index contributed by atoms with van der Waals surface area (Å²) in [5, 5.41) is 8.72. The maximum Gasteiger partial charge on any atom is 0.140 e. The highest BCUT2D eigenvalue weighted by molar-refractivity contribution is 5.46. The van der Waals surface area contributed by atoms with E-state index in [0.717, 1.165) is 37.8 Å². The fourth-order valence-corrected chi connectivity index (χ4v) is 2.34. The molecule has 4 nitrogen and oxygen atoms in total. The molecule has 1 aromatic heterocycles. The number of anilines is 1. The summed E-state index contributed by atoms with van der Waals surface area (Å²) in [6, 6.07) is 5.83. The summed E-state index contributed by atoms with van der Waals surface area (Å²) in [5.74, 6) is 0.730. The van der Waals surface area contributed by atoms with Crippen LogP contribution in [-0.2, 0) is 0 Å². The van der Waals surface area contributed by atoms with Crippen LogP contribution in [0.4, 0.5) is 5.69 Å². The van der Waals surface area contributed by atoms with E-state index in [1.165, 1.54) is 6.54 Å². The third-order valence-corrected chi connectivity index (χ3v) is 3.22. The zero-order valence-electron chi connectivity index (χ0n) is 11.1. The summed E-state index contributed by atoms with van der Waals surface area (Å²) >= 11 is 0. The summed E-state index contributed by atoms with van der Waals surface area (Å²) in [5.41, 5.74) is 1.61. The van der Waals surface area contributed by atoms with Gasteiger partial charge < -0.3 is 4.90 Å². The normalized spacial score (nSPS) is 16.9. The standard InChI is InChI=1S/C14H20N4/c1-12(2)11-17-5-7-18(8-6-17)14-4-3-13(9-15)16-10-14/h3-4,10,12H,5-8,11H2,1-2H3. The number of nitriles is 1. The van der Waals surface area contributed by atoms with Crippen molar-refractivity contribution in [3.63, 3.8) is 0 Å². The molecular formula is C14H20N4. The fourth-order valence-electron chi connectivity index (χ4n) is 2.34. The molecule has 0 unspecified atom stereocenters. The molecule has 2 rings (SSSR count). The molecule has 0 saturated carbocycles. The molecule has 0 radical (unpaired) electrons. The number of piperazine rings is 1. The molecule has 1 saturated heterocycles. The molecule has 4 heteroatoms. The van der Waals surface area contributed by atoms with Crippen LogP contribution in [0.3, 0.4) is 0 Å². The first-order chi connectivity index (χ1) is 8.69. The van der Waals surface area contributed by atoms with E-state index in [0.29, 0.717) is 5.69 Å². The molecule has 2 heterocycles. The van der Waals surface area contributed by atoms with Gasteiger partial charge in [0.05, 0.1) is 11.9 Å². The average molecular weight is 244 g/mol. The van der Waals surface area contributed by atoms with Crippen molar-refractivity contribution in [3.8, 4) is 6.07 Å². The summed E-state index contributed by atoms with van der Waals surface area (Å²) in [6.45, 7) is 10.0. The average Bonchev–Trinajstić information content (AvgIpc) is 2.39. The summed E-state index contributed by atoms with van der Waals surface area (Å²) < 4.78 is 0. The molecule has 1 fully saturated rings. The molecule has 1 aromatic rings. The Morgan fingerprint density at radius 2 is 2.00 bits per heavy atom. The van der Waals surface area contributed by atoms with Crippen molar-refractivity contribution >= 4 is 5.69 Å². The van der Waals surface area contributed by atoms with Gasteiger partial charge in [-0.3, -0.25) is 4.90 Å². The third kappa shape index (κ3) is 3.21. The van der Waals surface area contributed by atoms with Crippen molar-refractivity contribution in [2.24, 2.45) is 5.92 Å². The first kappa shape index (κ1) is 12.8. The second-order valence-corrected chi connectivity index (χ2v) is 5.19. The maximum absolute atomic E-state index is 8.72. The van der Waals surface area contributed by atoms with Gasteiger partial charge in [0.15, 0.2) is 0 Å². The molecule has 0 bridgehead atoms. The minimum atomic E-state index is 0.484. The molecule has 18 heavy (non-hydrogen) atoms. The van der Waals surface area contributed by atoms with Gasteiger partial charge in [0.1, 0.15) is 11.8 Å². The SMILES string of the molecule is CC(C)CN1CCN(c2ccc(C#N)nc2)CC1. The van der Waals surface area contributed by atoms with Gasteiger partial charge in [-0.2, -0.15) is 5.26 Å². The smallest absolute Gasteiger partial charge is 0.140 e. The fraction of sp³-hybridized carbons (Fsp3) is 0.571. The highest BCUT2D eigenvalue weighted by Crippen LogP contribution is 2.15. The molecule has 0 aliphatic carbocycles. The van der Waals surface area contributed by atoms with Crippen molar-refractivity contribution in [1.29, 1.82) is 5.26 Å². The Hall–Kier alpha value is -1.60. The Kier molecular flexibility index (Phi) is 4.16. The van der Waals surface area contributed by atoms with E-state index in [4.69, 9.17) is 5.26 Å². The van der Waals surface area contributed by atoms with Gasteiger partial charge >= 0.3 is 0 Å². The first-order valence-electron chi connectivity index (χ1n) is 6.52. The predicted octanol–water partition coefficient (Wildman–Crippen LogP) is 1.73. The van der Waals surface area contributed by atoms with E-state index in [2.05, 4.69) is 28.6 Å². The third-order valence-electron chi connectivity index (χ3n) is 3.22. The molecule has 0 atom stereocenters. The van der Waals surface area contributed by atoms with Crippen LogP contribution in [0.1, 0.15) is 19.5 Å². The largest absolute Gasteiger partial charge is 0.368 e. The van der Waals surface area contributed by atoms with Crippen LogP contribution < -0.4 is 4.90 Å². The highest BCUT2D eigenvalue weighted by Gasteiger charge is 2.17. The number of aromatic nitrogens is 1. The van der Waals surface area contributed by atoms with Gasteiger partial charge in [-0.15, -0.1) is 0 Å². The van der Waals surface area contributed by atoms with Gasteiger partial charge in [-0.05, 0) is 18.1 Å². The number of rotatable bonds is 3. The predicted molar refractivity (Wildman–Crippen MR) is 72.4 cm³/mol. The second-order valence-electron chi connectivity index (χ2n) is 5.19. The first-order valence-corrected chi connectivity index (χ1v) is 6.52. The molecule has 1 aliphatic heterocycles. The lowest BCUT2D eigenvalue weighted by molar-refractivity contribution is 0.231. The van der Waals surface area contributed by atoms with E-state index >= 15 is 0 Å². The van der Waals surface area contributed by atoms with Gasteiger partial charge in [0, 0.05) is 32.7 Å². The molecule has 0 aromatic carbocycles. The van der Waals surface area contributed by atoms with Crippen molar-refractivity contribution in [1.82, 2.24) is 9.88 Å². The zero-order valence-corrected chi connectivity index (χ0v) is 11.1. The number of hydrogen-bond donors (Lipinski definition) is 0. The second kappa shape index (κ2) is 5.83. The minimum Gasteiger partial charge on any atom is -0.368 e. The van der Waals surface area contributed by atoms with Crippen LogP contribution in [0.2, 0.25) is 0 Å².